The van der Waals surface area contributed by atoms with Crippen LogP contribution >= 0.6 is 0 Å². The van der Waals surface area contributed by atoms with Crippen LogP contribution in [0, 0.1) is 30.9 Å². The number of amides is 1. The summed E-state index contributed by atoms with van der Waals surface area (Å²) in [6.45, 7) is 6.06. The number of nitrogens with one attached hydrogen (secondary N) is 1. The van der Waals surface area contributed by atoms with Gasteiger partial charge in [-0.3, -0.25) is 14.9 Å². The van der Waals surface area contributed by atoms with Gasteiger partial charge < -0.3 is 0 Å². The SMILES string of the molecule is Cc1ccc(/C=N\NC(=O)c2cccc([N+](=O)[O-])c2)c(C)c1C. The molecule has 6 nitrogen and oxygen atoms in total. The van der Waals surface area contributed by atoms with E-state index in [1.165, 1.54) is 35.4 Å². The molecule has 2 rings (SSSR count). The summed E-state index contributed by atoms with van der Waals surface area (Å²) in [5, 5.41) is 14.6. The summed E-state index contributed by atoms with van der Waals surface area (Å²) in [5.74, 6) is -0.494. The molecule has 0 spiro atoms. The van der Waals surface area contributed by atoms with E-state index < -0.39 is 10.8 Å². The molecule has 6 heteroatoms. The lowest BCUT2D eigenvalue weighted by atomic mass is 10.00. The van der Waals surface area contributed by atoms with Gasteiger partial charge in [0.15, 0.2) is 0 Å². The molecule has 0 heterocycles. The number of hydrogen-bond acceptors (Lipinski definition) is 4. The van der Waals surface area contributed by atoms with Gasteiger partial charge in [-0.1, -0.05) is 18.2 Å². The molecule has 0 fully saturated rings. The standard InChI is InChI=1S/C17H17N3O3/c1-11-7-8-15(13(3)12(11)2)10-18-19-17(21)14-5-4-6-16(9-14)20(22)23/h4-10H,1-3H3,(H,19,21)/b18-10-. The van der Waals surface area contributed by atoms with Gasteiger partial charge in [0.05, 0.1) is 11.1 Å². The molecule has 0 aliphatic carbocycles. The second kappa shape index (κ2) is 6.83. The number of nitrogens with zero attached hydrogens (tertiary/aromatic N) is 2. The fourth-order valence-corrected chi connectivity index (χ4v) is 2.10. The van der Waals surface area contributed by atoms with Crippen molar-refractivity contribution in [3.8, 4) is 0 Å². The number of carbonyl (C=O) groups excluding carboxylic acids is 1. The van der Waals surface area contributed by atoms with E-state index >= 15 is 0 Å². The van der Waals surface area contributed by atoms with Gasteiger partial charge >= 0.3 is 0 Å². The van der Waals surface area contributed by atoms with E-state index in [2.05, 4.69) is 10.5 Å². The second-order valence-corrected chi connectivity index (χ2v) is 5.23. The van der Waals surface area contributed by atoms with Gasteiger partial charge in [-0.25, -0.2) is 5.43 Å². The zero-order valence-electron chi connectivity index (χ0n) is 13.2. The average molecular weight is 311 g/mol. The highest BCUT2D eigenvalue weighted by molar-refractivity contribution is 5.95. The predicted molar refractivity (Wildman–Crippen MR) is 88.8 cm³/mol. The Labute approximate surface area is 134 Å². The van der Waals surface area contributed by atoms with Crippen molar-refractivity contribution in [2.24, 2.45) is 5.10 Å². The molecule has 0 bridgehead atoms. The normalized spacial score (nSPS) is 10.7. The van der Waals surface area contributed by atoms with Gasteiger partial charge in [0.25, 0.3) is 11.6 Å². The Balaban J connectivity index is 2.12. The van der Waals surface area contributed by atoms with Crippen LogP contribution in [0.2, 0.25) is 0 Å². The average Bonchev–Trinajstić information content (AvgIpc) is 2.54. The summed E-state index contributed by atoms with van der Waals surface area (Å²) < 4.78 is 0. The number of nitro benzene ring substituents is 1. The Hall–Kier alpha value is -3.02. The Morgan fingerprint density at radius 1 is 1.17 bits per heavy atom. The largest absolute Gasteiger partial charge is 0.271 e. The lowest BCUT2D eigenvalue weighted by Crippen LogP contribution is -2.17. The molecule has 2 aromatic carbocycles. The van der Waals surface area contributed by atoms with E-state index in [1.54, 1.807) is 6.21 Å². The van der Waals surface area contributed by atoms with Crippen LogP contribution < -0.4 is 5.43 Å². The first kappa shape index (κ1) is 16.4. The Morgan fingerprint density at radius 2 is 1.91 bits per heavy atom. The van der Waals surface area contributed by atoms with Gasteiger partial charge in [0.1, 0.15) is 0 Å². The van der Waals surface area contributed by atoms with Crippen LogP contribution in [0.4, 0.5) is 5.69 Å². The minimum absolute atomic E-state index is 0.133. The number of rotatable bonds is 4. The van der Waals surface area contributed by atoms with Crippen molar-refractivity contribution < 1.29 is 9.72 Å². The summed E-state index contributed by atoms with van der Waals surface area (Å²) in [5.41, 5.74) is 6.82. The Bertz CT molecular complexity index is 798. The van der Waals surface area contributed by atoms with Crippen LogP contribution in [0.1, 0.15) is 32.6 Å². The van der Waals surface area contributed by atoms with Crippen LogP contribution in [-0.4, -0.2) is 17.0 Å². The molecule has 2 aromatic rings. The summed E-state index contributed by atoms with van der Waals surface area (Å²) in [6.07, 6.45) is 1.57. The van der Waals surface area contributed by atoms with Crippen molar-refractivity contribution in [2.45, 2.75) is 20.8 Å². The monoisotopic (exact) mass is 311 g/mol. The van der Waals surface area contributed by atoms with Crippen LogP contribution in [0.25, 0.3) is 0 Å². The van der Waals surface area contributed by atoms with E-state index in [0.717, 1.165) is 11.1 Å². The number of nitro groups is 1. The van der Waals surface area contributed by atoms with E-state index in [9.17, 15) is 14.9 Å². The minimum atomic E-state index is -0.543. The summed E-state index contributed by atoms with van der Waals surface area (Å²) >= 11 is 0. The molecule has 0 saturated carbocycles. The highest BCUT2D eigenvalue weighted by atomic mass is 16.6. The van der Waals surface area contributed by atoms with Crippen molar-refractivity contribution in [3.05, 3.63) is 74.3 Å². The minimum Gasteiger partial charge on any atom is -0.267 e. The Morgan fingerprint density at radius 3 is 2.61 bits per heavy atom. The summed E-state index contributed by atoms with van der Waals surface area (Å²) in [7, 11) is 0. The van der Waals surface area contributed by atoms with E-state index in [1.807, 2.05) is 32.9 Å². The van der Waals surface area contributed by atoms with Crippen molar-refractivity contribution >= 4 is 17.8 Å². The van der Waals surface area contributed by atoms with Crippen LogP contribution in [0.3, 0.4) is 0 Å². The number of carbonyl (C=O) groups is 1. The molecule has 0 aliphatic rings. The van der Waals surface area contributed by atoms with Crippen molar-refractivity contribution in [2.75, 3.05) is 0 Å². The maximum Gasteiger partial charge on any atom is 0.271 e. The molecule has 0 unspecified atom stereocenters. The van der Waals surface area contributed by atoms with E-state index in [4.69, 9.17) is 0 Å². The first-order chi connectivity index (χ1) is 10.9. The van der Waals surface area contributed by atoms with Gasteiger partial charge in [0.2, 0.25) is 0 Å². The highest BCUT2D eigenvalue weighted by Gasteiger charge is 2.10. The van der Waals surface area contributed by atoms with Crippen molar-refractivity contribution in [1.82, 2.24) is 5.43 Å². The molecule has 1 N–H and O–H groups in total. The van der Waals surface area contributed by atoms with E-state index in [0.29, 0.717) is 0 Å². The third kappa shape index (κ3) is 3.79. The van der Waals surface area contributed by atoms with Gasteiger partial charge in [-0.15, -0.1) is 0 Å². The van der Waals surface area contributed by atoms with Crippen molar-refractivity contribution in [1.29, 1.82) is 0 Å². The van der Waals surface area contributed by atoms with Crippen molar-refractivity contribution in [3.63, 3.8) is 0 Å². The Kier molecular flexibility index (Phi) is 4.85. The smallest absolute Gasteiger partial charge is 0.267 e. The first-order valence-electron chi connectivity index (χ1n) is 7.05. The maximum atomic E-state index is 12.0. The maximum absolute atomic E-state index is 12.0. The molecule has 1 amide bonds. The zero-order valence-corrected chi connectivity index (χ0v) is 13.2. The zero-order chi connectivity index (χ0) is 17.0. The van der Waals surface area contributed by atoms with Gasteiger partial charge in [-0.05, 0) is 49.1 Å². The summed E-state index contributed by atoms with van der Waals surface area (Å²) in [6, 6.07) is 9.43. The van der Waals surface area contributed by atoms with Crippen LogP contribution in [0.15, 0.2) is 41.5 Å². The molecule has 0 radical (unpaired) electrons. The fourth-order valence-electron chi connectivity index (χ4n) is 2.10. The number of non-ortho nitro benzene ring substituents is 1. The molecule has 0 saturated heterocycles. The lowest BCUT2D eigenvalue weighted by molar-refractivity contribution is -0.384. The first-order valence-corrected chi connectivity index (χ1v) is 7.05. The molecule has 0 aliphatic heterocycles. The second-order valence-electron chi connectivity index (χ2n) is 5.23. The van der Waals surface area contributed by atoms with Crippen LogP contribution in [-0.2, 0) is 0 Å². The topological polar surface area (TPSA) is 84.6 Å². The third-order valence-electron chi connectivity index (χ3n) is 3.79. The van der Waals surface area contributed by atoms with Crippen LogP contribution in [0.5, 0.6) is 0 Å². The molecular formula is C17H17N3O3. The number of hydrogen-bond donors (Lipinski definition) is 1. The fraction of sp³-hybridized carbons (Fsp3) is 0.176. The van der Waals surface area contributed by atoms with Gasteiger partial charge in [-0.2, -0.15) is 5.10 Å². The third-order valence-corrected chi connectivity index (χ3v) is 3.79. The molecule has 118 valence electrons. The lowest BCUT2D eigenvalue weighted by Gasteiger charge is -2.07. The summed E-state index contributed by atoms with van der Waals surface area (Å²) in [4.78, 5) is 22.1. The highest BCUT2D eigenvalue weighted by Crippen LogP contribution is 2.15. The van der Waals surface area contributed by atoms with E-state index in [-0.39, 0.29) is 11.3 Å². The number of aryl methyl sites for hydroxylation is 1. The molecule has 0 aromatic heterocycles. The number of hydrazone groups is 1. The molecule has 23 heavy (non-hydrogen) atoms. The predicted octanol–water partition coefficient (Wildman–Crippen LogP) is 3.28. The number of benzene rings is 2. The molecular weight excluding hydrogens is 294 g/mol. The molecule has 0 atom stereocenters. The van der Waals surface area contributed by atoms with Gasteiger partial charge in [0, 0.05) is 17.7 Å². The quantitative estimate of drug-likeness (QED) is 0.534.